The van der Waals surface area contributed by atoms with Gasteiger partial charge in [0.05, 0.1) is 23.1 Å². The molecule has 164 valence electrons. The quantitative estimate of drug-likeness (QED) is 0.691. The van der Waals surface area contributed by atoms with E-state index in [4.69, 9.17) is 0 Å². The Morgan fingerprint density at radius 1 is 0.969 bits per heavy atom. The van der Waals surface area contributed by atoms with Crippen LogP contribution in [0.1, 0.15) is 24.0 Å². The summed E-state index contributed by atoms with van der Waals surface area (Å²) in [5.74, 6) is -3.76. The van der Waals surface area contributed by atoms with Crippen molar-refractivity contribution in [2.75, 3.05) is 16.8 Å². The maximum atomic E-state index is 13.8. The number of carbonyl (C=O) groups is 3. The molecule has 1 spiro atoms. The molecular formula is C23H18F3N3O3. The van der Waals surface area contributed by atoms with Crippen LogP contribution in [0.4, 0.5) is 24.5 Å². The summed E-state index contributed by atoms with van der Waals surface area (Å²) >= 11 is 0. The van der Waals surface area contributed by atoms with Gasteiger partial charge in [0.2, 0.25) is 17.7 Å². The van der Waals surface area contributed by atoms with Gasteiger partial charge in [0.25, 0.3) is 0 Å². The van der Waals surface area contributed by atoms with Gasteiger partial charge in [-0.3, -0.25) is 19.3 Å². The Balaban J connectivity index is 1.56. The van der Waals surface area contributed by atoms with Crippen molar-refractivity contribution < 1.29 is 27.6 Å². The molecule has 4 aliphatic heterocycles. The average Bonchev–Trinajstić information content (AvgIpc) is 3.45. The third kappa shape index (κ3) is 2.16. The molecule has 3 saturated heterocycles. The lowest BCUT2D eigenvalue weighted by Crippen LogP contribution is -2.54. The van der Waals surface area contributed by atoms with Crippen molar-refractivity contribution in [2.24, 2.45) is 11.8 Å². The second-order valence-electron chi connectivity index (χ2n) is 8.70. The van der Waals surface area contributed by atoms with Gasteiger partial charge in [0, 0.05) is 17.3 Å². The van der Waals surface area contributed by atoms with E-state index in [1.54, 1.807) is 24.3 Å². The predicted octanol–water partition coefficient (Wildman–Crippen LogP) is 3.14. The fraction of sp³-hybridized carbons (Fsp3) is 0.348. The Kier molecular flexibility index (Phi) is 3.77. The molecule has 9 heteroatoms. The molecule has 1 N–H and O–H groups in total. The van der Waals surface area contributed by atoms with E-state index in [0.29, 0.717) is 29.1 Å². The minimum Gasteiger partial charge on any atom is -0.324 e. The number of fused-ring (bicyclic) bond motifs is 7. The molecule has 0 aliphatic carbocycles. The lowest BCUT2D eigenvalue weighted by Gasteiger charge is -2.36. The standard InChI is InChI=1S/C23H18F3N3O3/c24-23(25,26)13-7-2-4-9-15(13)29-19(30)17-16-10-5-11-28(16)22(18(17)20(29)31)12-6-1-3-8-14(12)27-21(22)32/h1-4,6-9,16-18H,5,10-11H2,(H,27,32)/t16-,17+,18+,22+/m0/s1. The first-order valence-electron chi connectivity index (χ1n) is 10.5. The third-order valence-electron chi connectivity index (χ3n) is 7.35. The highest BCUT2D eigenvalue weighted by atomic mass is 19.4. The molecule has 32 heavy (non-hydrogen) atoms. The van der Waals surface area contributed by atoms with Crippen molar-refractivity contribution in [1.29, 1.82) is 0 Å². The van der Waals surface area contributed by atoms with Crippen LogP contribution in [0, 0.1) is 11.8 Å². The Hall–Kier alpha value is -3.20. The first kappa shape index (κ1) is 19.5. The van der Waals surface area contributed by atoms with E-state index in [1.165, 1.54) is 12.1 Å². The zero-order valence-electron chi connectivity index (χ0n) is 16.7. The number of alkyl halides is 3. The first-order valence-corrected chi connectivity index (χ1v) is 10.5. The minimum atomic E-state index is -4.73. The molecule has 2 aromatic rings. The number of hydrogen-bond acceptors (Lipinski definition) is 4. The molecule has 0 aromatic heterocycles. The number of rotatable bonds is 1. The molecule has 0 radical (unpaired) electrons. The summed E-state index contributed by atoms with van der Waals surface area (Å²) in [7, 11) is 0. The number of benzene rings is 2. The second-order valence-corrected chi connectivity index (χ2v) is 8.70. The topological polar surface area (TPSA) is 69.7 Å². The summed E-state index contributed by atoms with van der Waals surface area (Å²) < 4.78 is 41.1. The Morgan fingerprint density at radius 3 is 2.47 bits per heavy atom. The highest BCUT2D eigenvalue weighted by Gasteiger charge is 2.74. The smallest absolute Gasteiger partial charge is 0.324 e. The van der Waals surface area contributed by atoms with E-state index in [1.807, 2.05) is 4.90 Å². The lowest BCUT2D eigenvalue weighted by molar-refractivity contribution is -0.138. The number of hydrogen-bond donors (Lipinski definition) is 1. The number of carbonyl (C=O) groups excluding carboxylic acids is 3. The molecule has 4 atom stereocenters. The van der Waals surface area contributed by atoms with Crippen LogP contribution >= 0.6 is 0 Å². The monoisotopic (exact) mass is 441 g/mol. The number of para-hydroxylation sites is 2. The van der Waals surface area contributed by atoms with E-state index in [2.05, 4.69) is 5.32 Å². The maximum Gasteiger partial charge on any atom is 0.418 e. The van der Waals surface area contributed by atoms with Crippen LogP contribution < -0.4 is 10.2 Å². The first-order chi connectivity index (χ1) is 15.3. The number of imide groups is 1. The summed E-state index contributed by atoms with van der Waals surface area (Å²) in [4.78, 5) is 43.4. The summed E-state index contributed by atoms with van der Waals surface area (Å²) in [5.41, 5.74) is -1.74. The van der Waals surface area contributed by atoms with Crippen LogP contribution in [0.25, 0.3) is 0 Å². The van der Waals surface area contributed by atoms with Crippen LogP contribution in [-0.4, -0.2) is 35.2 Å². The lowest BCUT2D eigenvalue weighted by atomic mass is 9.75. The highest BCUT2D eigenvalue weighted by molar-refractivity contribution is 6.26. The number of halogens is 3. The fourth-order valence-electron chi connectivity index (χ4n) is 6.30. The van der Waals surface area contributed by atoms with Gasteiger partial charge in [-0.15, -0.1) is 0 Å². The van der Waals surface area contributed by atoms with Crippen molar-refractivity contribution in [3.05, 3.63) is 59.7 Å². The summed E-state index contributed by atoms with van der Waals surface area (Å²) in [5, 5.41) is 2.84. The van der Waals surface area contributed by atoms with Crippen LogP contribution in [0.3, 0.4) is 0 Å². The van der Waals surface area contributed by atoms with Gasteiger partial charge in [-0.25, -0.2) is 4.90 Å². The van der Waals surface area contributed by atoms with Crippen LogP contribution in [0.15, 0.2) is 48.5 Å². The number of nitrogens with zero attached hydrogens (tertiary/aromatic N) is 2. The van der Waals surface area contributed by atoms with Crippen molar-refractivity contribution in [1.82, 2.24) is 4.90 Å². The molecule has 3 fully saturated rings. The van der Waals surface area contributed by atoms with Crippen molar-refractivity contribution in [3.63, 3.8) is 0 Å². The molecule has 6 rings (SSSR count). The maximum absolute atomic E-state index is 13.8. The number of anilines is 2. The summed E-state index contributed by atoms with van der Waals surface area (Å²) in [6, 6.07) is 11.2. The summed E-state index contributed by atoms with van der Waals surface area (Å²) in [6.45, 7) is 0.541. The second kappa shape index (κ2) is 6.19. The van der Waals surface area contributed by atoms with Gasteiger partial charge in [-0.05, 0) is 37.6 Å². The summed E-state index contributed by atoms with van der Waals surface area (Å²) in [6.07, 6.45) is -3.39. The van der Waals surface area contributed by atoms with Gasteiger partial charge >= 0.3 is 6.18 Å². The molecule has 0 unspecified atom stereocenters. The van der Waals surface area contributed by atoms with E-state index in [0.717, 1.165) is 18.6 Å². The molecule has 0 saturated carbocycles. The molecule has 4 aliphatic rings. The molecular weight excluding hydrogens is 423 g/mol. The molecule has 6 nitrogen and oxygen atoms in total. The zero-order chi connectivity index (χ0) is 22.4. The normalized spacial score (nSPS) is 31.3. The van der Waals surface area contributed by atoms with E-state index < -0.39 is 52.5 Å². The minimum absolute atomic E-state index is 0.378. The Bertz CT molecular complexity index is 1200. The van der Waals surface area contributed by atoms with Crippen molar-refractivity contribution in [3.8, 4) is 0 Å². The van der Waals surface area contributed by atoms with Gasteiger partial charge in [0.1, 0.15) is 5.54 Å². The number of amides is 3. The third-order valence-corrected chi connectivity index (χ3v) is 7.35. The average molecular weight is 441 g/mol. The highest BCUT2D eigenvalue weighted by Crippen LogP contribution is 2.61. The van der Waals surface area contributed by atoms with E-state index >= 15 is 0 Å². The largest absolute Gasteiger partial charge is 0.418 e. The Morgan fingerprint density at radius 2 is 1.69 bits per heavy atom. The molecule has 4 heterocycles. The van der Waals surface area contributed by atoms with Gasteiger partial charge in [-0.2, -0.15) is 13.2 Å². The van der Waals surface area contributed by atoms with Gasteiger partial charge in [0.15, 0.2) is 0 Å². The van der Waals surface area contributed by atoms with Crippen LogP contribution in [0.2, 0.25) is 0 Å². The zero-order valence-corrected chi connectivity index (χ0v) is 16.7. The van der Waals surface area contributed by atoms with Crippen molar-refractivity contribution in [2.45, 2.75) is 30.6 Å². The van der Waals surface area contributed by atoms with E-state index in [9.17, 15) is 27.6 Å². The SMILES string of the molecule is O=C1[C@@H]2[C@@H]3CCCN3[C@@]3(C(=O)Nc4ccccc43)[C@H]2C(=O)N1c1ccccc1C(F)(F)F. The number of nitrogens with one attached hydrogen (secondary N) is 1. The Labute approximate surface area is 181 Å². The fourth-order valence-corrected chi connectivity index (χ4v) is 6.30. The molecule has 0 bridgehead atoms. The van der Waals surface area contributed by atoms with Gasteiger partial charge in [-0.1, -0.05) is 30.3 Å². The molecule has 3 amide bonds. The van der Waals surface area contributed by atoms with Crippen molar-refractivity contribution >= 4 is 29.1 Å². The molecule has 2 aromatic carbocycles. The van der Waals surface area contributed by atoms with Crippen LogP contribution in [0.5, 0.6) is 0 Å². The van der Waals surface area contributed by atoms with Crippen LogP contribution in [-0.2, 0) is 26.1 Å². The van der Waals surface area contributed by atoms with E-state index in [-0.39, 0.29) is 6.04 Å². The van der Waals surface area contributed by atoms with Gasteiger partial charge < -0.3 is 5.32 Å². The predicted molar refractivity (Wildman–Crippen MR) is 107 cm³/mol.